The zero-order valence-electron chi connectivity index (χ0n) is 18.0. The predicted octanol–water partition coefficient (Wildman–Crippen LogP) is 5.56. The molecule has 0 bridgehead atoms. The zero-order chi connectivity index (χ0) is 22.1. The Morgan fingerprint density at radius 2 is 1.84 bits per heavy atom. The van der Waals surface area contributed by atoms with Gasteiger partial charge in [0.25, 0.3) is 5.56 Å². The topological polar surface area (TPSA) is 58.2 Å². The number of nitrogens with one attached hydrogen (secondary N) is 1. The van der Waals surface area contributed by atoms with Gasteiger partial charge >= 0.3 is 0 Å². The Bertz CT molecular complexity index is 1290. The molecule has 0 saturated heterocycles. The zero-order valence-corrected chi connectivity index (χ0v) is 19.5. The maximum atomic E-state index is 12.9. The van der Waals surface area contributed by atoms with E-state index in [2.05, 4.69) is 35.9 Å². The number of methoxy groups -OCH3 is 1. The lowest BCUT2D eigenvalue weighted by molar-refractivity contribution is 0.310. The molecule has 0 amide bonds. The monoisotopic (exact) mass is 453 g/mol. The van der Waals surface area contributed by atoms with Gasteiger partial charge in [-0.25, -0.2) is 4.98 Å². The molecule has 7 heteroatoms. The van der Waals surface area contributed by atoms with Gasteiger partial charge in [-0.3, -0.25) is 9.69 Å². The fourth-order valence-electron chi connectivity index (χ4n) is 4.02. The van der Waals surface area contributed by atoms with Crippen molar-refractivity contribution in [2.75, 3.05) is 14.2 Å². The van der Waals surface area contributed by atoms with Crippen molar-refractivity contribution >= 4 is 33.2 Å². The van der Waals surface area contributed by atoms with Crippen molar-refractivity contribution in [1.82, 2.24) is 14.9 Å². The molecule has 0 atom stereocenters. The normalized spacial score (nSPS) is 11.4. The van der Waals surface area contributed by atoms with E-state index in [1.165, 1.54) is 16.9 Å². The Morgan fingerprint density at radius 1 is 1.13 bits per heavy atom. The van der Waals surface area contributed by atoms with Crippen molar-refractivity contribution in [3.63, 3.8) is 0 Å². The van der Waals surface area contributed by atoms with Crippen LogP contribution in [0.4, 0.5) is 0 Å². The quantitative estimate of drug-likeness (QED) is 0.415. The van der Waals surface area contributed by atoms with Gasteiger partial charge in [-0.05, 0) is 43.7 Å². The number of benzene rings is 2. The summed E-state index contributed by atoms with van der Waals surface area (Å²) < 4.78 is 5.46. The van der Waals surface area contributed by atoms with E-state index in [0.717, 1.165) is 39.4 Å². The van der Waals surface area contributed by atoms with Gasteiger partial charge < -0.3 is 9.72 Å². The Kier molecular flexibility index (Phi) is 6.14. The van der Waals surface area contributed by atoms with Gasteiger partial charge in [0, 0.05) is 28.1 Å². The van der Waals surface area contributed by atoms with E-state index in [0.29, 0.717) is 22.8 Å². The number of aromatic amines is 1. The van der Waals surface area contributed by atoms with Crippen LogP contribution in [0.1, 0.15) is 22.5 Å². The highest BCUT2D eigenvalue weighted by atomic mass is 35.5. The van der Waals surface area contributed by atoms with Gasteiger partial charge in [-0.15, -0.1) is 11.3 Å². The summed E-state index contributed by atoms with van der Waals surface area (Å²) in [6.07, 6.45) is 0. The molecule has 31 heavy (non-hydrogen) atoms. The van der Waals surface area contributed by atoms with Crippen LogP contribution in [0.3, 0.4) is 0 Å². The molecule has 1 N–H and O–H groups in total. The van der Waals surface area contributed by atoms with E-state index >= 15 is 0 Å². The first kappa shape index (κ1) is 21.6. The highest BCUT2D eigenvalue weighted by Gasteiger charge is 2.16. The molecule has 0 spiro atoms. The number of fused-ring (bicyclic) bond motifs is 1. The maximum absolute atomic E-state index is 12.9. The third-order valence-electron chi connectivity index (χ3n) is 5.25. The Morgan fingerprint density at radius 3 is 2.52 bits per heavy atom. The van der Waals surface area contributed by atoms with Gasteiger partial charge in [0.05, 0.1) is 19.0 Å². The summed E-state index contributed by atoms with van der Waals surface area (Å²) in [6.45, 7) is 5.38. The number of H-pyrrole nitrogens is 1. The molecular formula is C24H24ClN3O2S. The smallest absolute Gasteiger partial charge is 0.260 e. The van der Waals surface area contributed by atoms with Crippen LogP contribution >= 0.6 is 22.9 Å². The largest absolute Gasteiger partial charge is 0.496 e. The number of aromatic nitrogens is 2. The van der Waals surface area contributed by atoms with Gasteiger partial charge in [0.2, 0.25) is 0 Å². The summed E-state index contributed by atoms with van der Waals surface area (Å²) in [5.41, 5.74) is 4.95. The molecular weight excluding hydrogens is 430 g/mol. The number of thiophene rings is 1. The molecule has 4 rings (SSSR count). The van der Waals surface area contributed by atoms with Gasteiger partial charge in [0.1, 0.15) is 16.4 Å². The fourth-order valence-corrected chi connectivity index (χ4v) is 5.22. The number of hydrogen-bond donors (Lipinski definition) is 1. The highest BCUT2D eigenvalue weighted by Crippen LogP contribution is 2.35. The number of ether oxygens (including phenoxy) is 1. The molecule has 160 valence electrons. The molecule has 0 saturated carbocycles. The minimum absolute atomic E-state index is 0.138. The van der Waals surface area contributed by atoms with Crippen molar-refractivity contribution in [1.29, 1.82) is 0 Å². The van der Waals surface area contributed by atoms with Crippen LogP contribution in [0.5, 0.6) is 5.75 Å². The molecule has 0 unspecified atom stereocenters. The van der Waals surface area contributed by atoms with Crippen LogP contribution in [-0.4, -0.2) is 29.0 Å². The first-order valence-electron chi connectivity index (χ1n) is 9.95. The minimum atomic E-state index is -0.138. The van der Waals surface area contributed by atoms with Crippen LogP contribution in [0.2, 0.25) is 5.02 Å². The van der Waals surface area contributed by atoms with Gasteiger partial charge in [-0.1, -0.05) is 41.9 Å². The number of rotatable bonds is 6. The Balaban J connectivity index is 1.59. The second-order valence-electron chi connectivity index (χ2n) is 7.76. The number of hydrogen-bond acceptors (Lipinski definition) is 5. The predicted molar refractivity (Wildman–Crippen MR) is 128 cm³/mol. The van der Waals surface area contributed by atoms with Crippen LogP contribution < -0.4 is 10.3 Å². The lowest BCUT2D eigenvalue weighted by atomic mass is 10.1. The molecule has 2 aromatic carbocycles. The summed E-state index contributed by atoms with van der Waals surface area (Å²) >= 11 is 7.81. The lowest BCUT2D eigenvalue weighted by Gasteiger charge is -2.18. The van der Waals surface area contributed by atoms with E-state index < -0.39 is 0 Å². The molecule has 4 aromatic rings. The van der Waals surface area contributed by atoms with Crippen LogP contribution in [0.15, 0.2) is 46.6 Å². The van der Waals surface area contributed by atoms with Crippen LogP contribution in [-0.2, 0) is 13.1 Å². The number of nitrogens with zero attached hydrogens (tertiary/aromatic N) is 2. The second kappa shape index (κ2) is 8.83. The number of halogens is 1. The van der Waals surface area contributed by atoms with Crippen molar-refractivity contribution in [2.24, 2.45) is 0 Å². The van der Waals surface area contributed by atoms with Crippen LogP contribution in [0, 0.1) is 13.8 Å². The van der Waals surface area contributed by atoms with E-state index in [1.54, 1.807) is 7.11 Å². The maximum Gasteiger partial charge on any atom is 0.260 e. The van der Waals surface area contributed by atoms with E-state index in [4.69, 9.17) is 21.3 Å². The van der Waals surface area contributed by atoms with Gasteiger partial charge in [0.15, 0.2) is 0 Å². The average molecular weight is 454 g/mol. The summed E-state index contributed by atoms with van der Waals surface area (Å²) in [7, 11) is 3.71. The first-order valence-corrected chi connectivity index (χ1v) is 11.2. The molecule has 2 heterocycles. The van der Waals surface area contributed by atoms with E-state index in [1.807, 2.05) is 36.7 Å². The standard InChI is InChI=1S/C24H24ClN3O2S/c1-14-9-16(10-15(2)22(14)30-4)11-28(3)12-20-26-23(29)21-18(13-31-24(21)27-20)17-7-5-6-8-19(17)25/h5-10,13H,11-12H2,1-4H3,(H,26,27,29). The van der Waals surface area contributed by atoms with Gasteiger partial charge in [-0.2, -0.15) is 0 Å². The summed E-state index contributed by atoms with van der Waals surface area (Å²) in [5.74, 6) is 1.57. The molecule has 0 fully saturated rings. The van der Waals surface area contributed by atoms with Crippen molar-refractivity contribution in [2.45, 2.75) is 26.9 Å². The minimum Gasteiger partial charge on any atom is -0.496 e. The fraction of sp³-hybridized carbons (Fsp3) is 0.250. The molecule has 2 aromatic heterocycles. The summed E-state index contributed by atoms with van der Waals surface area (Å²) in [5, 5.41) is 3.16. The molecule has 0 radical (unpaired) electrons. The average Bonchev–Trinajstić information content (AvgIpc) is 3.12. The summed E-state index contributed by atoms with van der Waals surface area (Å²) in [4.78, 5) is 23.4. The molecule has 5 nitrogen and oxygen atoms in total. The SMILES string of the molecule is COc1c(C)cc(CN(C)Cc2nc3scc(-c4ccccc4Cl)c3c(=O)[nH]2)cc1C. The Labute approximate surface area is 190 Å². The van der Waals surface area contributed by atoms with Crippen LogP contribution in [0.25, 0.3) is 21.3 Å². The Hall–Kier alpha value is -2.67. The third-order valence-corrected chi connectivity index (χ3v) is 6.46. The second-order valence-corrected chi connectivity index (χ2v) is 9.02. The molecule has 0 aliphatic heterocycles. The third kappa shape index (κ3) is 4.37. The van der Waals surface area contributed by atoms with E-state index in [-0.39, 0.29) is 5.56 Å². The first-order chi connectivity index (χ1) is 14.9. The molecule has 0 aliphatic carbocycles. The highest BCUT2D eigenvalue weighted by molar-refractivity contribution is 7.17. The number of aryl methyl sites for hydroxylation is 2. The van der Waals surface area contributed by atoms with Crippen molar-refractivity contribution in [3.8, 4) is 16.9 Å². The summed E-state index contributed by atoms with van der Waals surface area (Å²) in [6, 6.07) is 11.8. The lowest BCUT2D eigenvalue weighted by Crippen LogP contribution is -2.21. The van der Waals surface area contributed by atoms with Crippen molar-refractivity contribution in [3.05, 3.63) is 79.7 Å². The van der Waals surface area contributed by atoms with Crippen molar-refractivity contribution < 1.29 is 4.74 Å². The van der Waals surface area contributed by atoms with E-state index in [9.17, 15) is 4.79 Å². The molecule has 0 aliphatic rings.